The molecule has 0 fully saturated rings. The second kappa shape index (κ2) is 9.25. The topological polar surface area (TPSA) is 75.8 Å². The highest BCUT2D eigenvalue weighted by atomic mass is 16.5. The minimum absolute atomic E-state index is 0.194. The van der Waals surface area contributed by atoms with E-state index < -0.39 is 0 Å². The van der Waals surface area contributed by atoms with Crippen molar-refractivity contribution in [3.63, 3.8) is 0 Å². The van der Waals surface area contributed by atoms with Crippen LogP contribution in [-0.4, -0.2) is 43.8 Å². The number of H-pyrrole nitrogens is 1. The Morgan fingerprint density at radius 1 is 0.943 bits per heavy atom. The maximum absolute atomic E-state index is 13.7. The number of anilines is 1. The van der Waals surface area contributed by atoms with Gasteiger partial charge in [0.2, 0.25) is 0 Å². The number of fused-ring (bicyclic) bond motifs is 3. The lowest BCUT2D eigenvalue weighted by atomic mass is 9.92. The molecular weight excluding hydrogens is 442 g/mol. The number of hydrogen-bond acceptors (Lipinski definition) is 4. The van der Waals surface area contributed by atoms with Crippen LogP contribution in [0, 0.1) is 6.92 Å². The molecule has 0 unspecified atom stereocenters. The molecule has 1 aliphatic heterocycles. The zero-order valence-electron chi connectivity index (χ0n) is 20.3. The van der Waals surface area contributed by atoms with Crippen LogP contribution in [0.5, 0.6) is 17.2 Å². The highest BCUT2D eigenvalue weighted by Crippen LogP contribution is 2.40. The van der Waals surface area contributed by atoms with E-state index >= 15 is 0 Å². The Bertz CT molecular complexity index is 1380. The van der Waals surface area contributed by atoms with Crippen molar-refractivity contribution in [3.05, 3.63) is 83.0 Å². The van der Waals surface area contributed by atoms with Gasteiger partial charge in [-0.15, -0.1) is 0 Å². The van der Waals surface area contributed by atoms with E-state index in [2.05, 4.69) is 47.6 Å². The van der Waals surface area contributed by atoms with Gasteiger partial charge >= 0.3 is 6.03 Å². The Labute approximate surface area is 204 Å². The summed E-state index contributed by atoms with van der Waals surface area (Å²) in [4.78, 5) is 19.1. The van der Waals surface area contributed by atoms with E-state index in [0.717, 1.165) is 34.3 Å². The number of rotatable bonds is 5. The minimum Gasteiger partial charge on any atom is -0.497 e. The number of ether oxygens (including phenoxy) is 3. The van der Waals surface area contributed by atoms with E-state index in [0.29, 0.717) is 23.7 Å². The molecule has 0 saturated heterocycles. The Balaban J connectivity index is 1.56. The van der Waals surface area contributed by atoms with Crippen LogP contribution >= 0.6 is 0 Å². The Morgan fingerprint density at radius 3 is 2.37 bits per heavy atom. The first-order valence-corrected chi connectivity index (χ1v) is 11.6. The highest BCUT2D eigenvalue weighted by molar-refractivity contribution is 5.93. The molecule has 0 radical (unpaired) electrons. The molecule has 2 heterocycles. The van der Waals surface area contributed by atoms with Crippen molar-refractivity contribution in [1.82, 2.24) is 9.88 Å². The third-order valence-electron chi connectivity index (χ3n) is 6.64. The van der Waals surface area contributed by atoms with Crippen LogP contribution in [0.15, 0.2) is 60.7 Å². The number of amides is 2. The lowest BCUT2D eigenvalue weighted by molar-refractivity contribution is 0.193. The van der Waals surface area contributed by atoms with Gasteiger partial charge in [0.25, 0.3) is 0 Å². The molecule has 3 aromatic carbocycles. The van der Waals surface area contributed by atoms with Crippen LogP contribution < -0.4 is 19.5 Å². The van der Waals surface area contributed by atoms with Gasteiger partial charge in [-0.05, 0) is 54.8 Å². The third kappa shape index (κ3) is 4.14. The quantitative estimate of drug-likeness (QED) is 0.393. The zero-order valence-corrected chi connectivity index (χ0v) is 20.3. The van der Waals surface area contributed by atoms with Crippen molar-refractivity contribution in [3.8, 4) is 17.2 Å². The predicted octanol–water partition coefficient (Wildman–Crippen LogP) is 5.68. The molecule has 4 aromatic rings. The number of methoxy groups -OCH3 is 3. The van der Waals surface area contributed by atoms with E-state index in [4.69, 9.17) is 14.2 Å². The fourth-order valence-corrected chi connectivity index (χ4v) is 4.80. The number of benzene rings is 3. The molecule has 1 aromatic heterocycles. The third-order valence-corrected chi connectivity index (χ3v) is 6.64. The maximum Gasteiger partial charge on any atom is 0.322 e. The first-order valence-electron chi connectivity index (χ1n) is 11.6. The predicted molar refractivity (Wildman–Crippen MR) is 137 cm³/mol. The molecular formula is C28H29N3O4. The lowest BCUT2D eigenvalue weighted by Gasteiger charge is -2.36. The van der Waals surface area contributed by atoms with E-state index in [-0.39, 0.29) is 12.1 Å². The van der Waals surface area contributed by atoms with Gasteiger partial charge in [-0.1, -0.05) is 29.8 Å². The number of aromatic amines is 1. The van der Waals surface area contributed by atoms with Gasteiger partial charge in [-0.25, -0.2) is 4.79 Å². The lowest BCUT2D eigenvalue weighted by Crippen LogP contribution is -2.43. The SMILES string of the molecule is COc1ccc(NC(=O)N2CCc3c([nH]c4ccc(OC)cc34)[C@H]2c2ccc(C)cc2)c(OC)c1. The van der Waals surface area contributed by atoms with Crippen molar-refractivity contribution in [2.24, 2.45) is 0 Å². The van der Waals surface area contributed by atoms with Crippen molar-refractivity contribution in [2.75, 3.05) is 33.2 Å². The van der Waals surface area contributed by atoms with Crippen molar-refractivity contribution >= 4 is 22.6 Å². The summed E-state index contributed by atoms with van der Waals surface area (Å²) in [5, 5.41) is 4.18. The number of urea groups is 1. The zero-order chi connectivity index (χ0) is 24.5. The molecule has 35 heavy (non-hydrogen) atoms. The molecule has 0 aliphatic carbocycles. The van der Waals surface area contributed by atoms with E-state index in [1.54, 1.807) is 39.5 Å². The van der Waals surface area contributed by atoms with Crippen LogP contribution in [0.2, 0.25) is 0 Å². The fraction of sp³-hybridized carbons (Fsp3) is 0.250. The molecule has 0 bridgehead atoms. The number of carbonyl (C=O) groups is 1. The summed E-state index contributed by atoms with van der Waals surface area (Å²) in [5.41, 5.74) is 6.09. The smallest absolute Gasteiger partial charge is 0.322 e. The van der Waals surface area contributed by atoms with Crippen LogP contribution in [0.1, 0.15) is 28.4 Å². The van der Waals surface area contributed by atoms with E-state index in [1.807, 2.05) is 17.0 Å². The molecule has 0 saturated carbocycles. The van der Waals surface area contributed by atoms with Crippen LogP contribution in [-0.2, 0) is 6.42 Å². The van der Waals surface area contributed by atoms with Gasteiger partial charge in [0.05, 0.1) is 33.1 Å². The van der Waals surface area contributed by atoms with Gasteiger partial charge in [-0.3, -0.25) is 0 Å². The Hall–Kier alpha value is -4.13. The molecule has 7 heteroatoms. The Kier molecular flexibility index (Phi) is 5.99. The average molecular weight is 472 g/mol. The highest BCUT2D eigenvalue weighted by Gasteiger charge is 2.35. The number of aromatic nitrogens is 1. The van der Waals surface area contributed by atoms with E-state index in [9.17, 15) is 4.79 Å². The van der Waals surface area contributed by atoms with Crippen molar-refractivity contribution in [1.29, 1.82) is 0 Å². The second-order valence-corrected chi connectivity index (χ2v) is 8.68. The summed E-state index contributed by atoms with van der Waals surface area (Å²) >= 11 is 0. The summed E-state index contributed by atoms with van der Waals surface area (Å²) in [5.74, 6) is 2.02. The molecule has 5 rings (SSSR count). The largest absolute Gasteiger partial charge is 0.497 e. The fourth-order valence-electron chi connectivity index (χ4n) is 4.80. The number of hydrogen-bond donors (Lipinski definition) is 2. The van der Waals surface area contributed by atoms with Crippen molar-refractivity contribution in [2.45, 2.75) is 19.4 Å². The minimum atomic E-state index is -0.262. The normalized spacial score (nSPS) is 15.0. The number of aryl methyl sites for hydroxylation is 1. The summed E-state index contributed by atoms with van der Waals surface area (Å²) in [6, 6.07) is 19.3. The molecule has 1 atom stereocenters. The van der Waals surface area contributed by atoms with Crippen LogP contribution in [0.3, 0.4) is 0 Å². The average Bonchev–Trinajstić information content (AvgIpc) is 3.26. The molecule has 1 aliphatic rings. The molecule has 2 amide bonds. The summed E-state index contributed by atoms with van der Waals surface area (Å²) in [6.45, 7) is 2.63. The first kappa shape index (κ1) is 22.7. The number of carbonyl (C=O) groups excluding carboxylic acids is 1. The number of nitrogens with one attached hydrogen (secondary N) is 2. The molecule has 0 spiro atoms. The van der Waals surface area contributed by atoms with Gasteiger partial charge < -0.3 is 29.4 Å². The van der Waals surface area contributed by atoms with Gasteiger partial charge in [0, 0.05) is 29.2 Å². The van der Waals surface area contributed by atoms with Crippen molar-refractivity contribution < 1.29 is 19.0 Å². The summed E-state index contributed by atoms with van der Waals surface area (Å²) in [6.07, 6.45) is 0.734. The second-order valence-electron chi connectivity index (χ2n) is 8.68. The van der Waals surface area contributed by atoms with Gasteiger partial charge in [0.1, 0.15) is 17.2 Å². The van der Waals surface area contributed by atoms with Gasteiger partial charge in [-0.2, -0.15) is 0 Å². The standard InChI is InChI=1S/C28H29N3O4/c1-17-5-7-18(8-6-17)27-26-21(22-15-19(33-2)9-11-23(22)29-26)13-14-31(27)28(32)30-24-12-10-20(34-3)16-25(24)35-4/h5-12,15-16,27,29H,13-14H2,1-4H3,(H,30,32)/t27-/m1/s1. The molecule has 180 valence electrons. The monoisotopic (exact) mass is 471 g/mol. The Morgan fingerprint density at radius 2 is 1.66 bits per heavy atom. The number of nitrogens with zero attached hydrogens (tertiary/aromatic N) is 1. The molecule has 7 nitrogen and oxygen atoms in total. The van der Waals surface area contributed by atoms with E-state index in [1.165, 1.54) is 11.1 Å². The summed E-state index contributed by atoms with van der Waals surface area (Å²) in [7, 11) is 4.85. The molecule has 2 N–H and O–H groups in total. The summed E-state index contributed by atoms with van der Waals surface area (Å²) < 4.78 is 16.2. The van der Waals surface area contributed by atoms with Crippen LogP contribution in [0.4, 0.5) is 10.5 Å². The van der Waals surface area contributed by atoms with Gasteiger partial charge in [0.15, 0.2) is 0 Å². The van der Waals surface area contributed by atoms with Crippen LogP contribution in [0.25, 0.3) is 10.9 Å². The first-order chi connectivity index (χ1) is 17.0. The maximum atomic E-state index is 13.7.